The molecule has 1 heterocycles. The minimum absolute atomic E-state index is 0.135. The fourth-order valence-corrected chi connectivity index (χ4v) is 2.21. The first-order chi connectivity index (χ1) is 6.32. The molecule has 0 aromatic carbocycles. The van der Waals surface area contributed by atoms with E-state index < -0.39 is 0 Å². The van der Waals surface area contributed by atoms with Crippen molar-refractivity contribution >= 4 is 6.09 Å². The maximum atomic E-state index is 11.7. The third kappa shape index (κ3) is 1.60. The van der Waals surface area contributed by atoms with Gasteiger partial charge in [0, 0.05) is 12.6 Å². The summed E-state index contributed by atoms with van der Waals surface area (Å²) in [7, 11) is 0. The maximum Gasteiger partial charge on any atom is 0.410 e. The van der Waals surface area contributed by atoms with E-state index in [9.17, 15) is 4.79 Å². The highest BCUT2D eigenvalue weighted by Crippen LogP contribution is 2.56. The molecule has 2 fully saturated rings. The van der Waals surface area contributed by atoms with E-state index in [1.54, 1.807) is 0 Å². The van der Waals surface area contributed by atoms with Crippen LogP contribution in [0, 0.1) is 5.41 Å². The average Bonchev–Trinajstić information content (AvgIpc) is 2.51. The lowest BCUT2D eigenvalue weighted by Crippen LogP contribution is -2.36. The van der Waals surface area contributed by atoms with Gasteiger partial charge in [-0.1, -0.05) is 6.92 Å². The highest BCUT2D eigenvalue weighted by atomic mass is 16.6. The SMILES string of the molecule is CC(C)(C)OC(=O)N1CC[C@]2(C)C[C@@H]12. The predicted octanol–water partition coefficient (Wildman–Crippen LogP) is 2.41. The molecule has 1 amide bonds. The van der Waals surface area contributed by atoms with Crippen LogP contribution >= 0.6 is 0 Å². The zero-order valence-electron chi connectivity index (χ0n) is 9.46. The van der Waals surface area contributed by atoms with Gasteiger partial charge in [-0.25, -0.2) is 4.79 Å². The molecule has 1 aliphatic heterocycles. The Kier molecular flexibility index (Phi) is 1.85. The van der Waals surface area contributed by atoms with Crippen LogP contribution in [0.4, 0.5) is 4.79 Å². The number of hydrogen-bond acceptors (Lipinski definition) is 2. The van der Waals surface area contributed by atoms with Crippen molar-refractivity contribution < 1.29 is 9.53 Å². The van der Waals surface area contributed by atoms with Gasteiger partial charge < -0.3 is 9.64 Å². The first-order valence-electron chi connectivity index (χ1n) is 5.31. The third-order valence-electron chi connectivity index (χ3n) is 3.23. The van der Waals surface area contributed by atoms with Crippen LogP contribution in [0.15, 0.2) is 0 Å². The Labute approximate surface area is 85.4 Å². The van der Waals surface area contributed by atoms with Crippen LogP contribution in [0.5, 0.6) is 0 Å². The van der Waals surface area contributed by atoms with Gasteiger partial charge in [-0.3, -0.25) is 0 Å². The summed E-state index contributed by atoms with van der Waals surface area (Å²) < 4.78 is 5.35. The largest absolute Gasteiger partial charge is 0.444 e. The van der Waals surface area contributed by atoms with E-state index in [2.05, 4.69) is 6.92 Å². The standard InChI is InChI=1S/C11H19NO2/c1-10(2,3)14-9(13)12-6-5-11(4)7-8(11)12/h8H,5-7H2,1-4H3/t8-,11-/m1/s1. The molecule has 0 aromatic heterocycles. The highest BCUT2D eigenvalue weighted by Gasteiger charge is 2.59. The number of carbonyl (C=O) groups excluding carboxylic acids is 1. The van der Waals surface area contributed by atoms with Crippen molar-refractivity contribution in [2.75, 3.05) is 6.54 Å². The van der Waals surface area contributed by atoms with Crippen molar-refractivity contribution in [1.29, 1.82) is 0 Å². The third-order valence-corrected chi connectivity index (χ3v) is 3.23. The Hall–Kier alpha value is -0.730. The molecule has 1 saturated carbocycles. The van der Waals surface area contributed by atoms with Gasteiger partial charge in [-0.05, 0) is 39.0 Å². The molecule has 0 unspecified atom stereocenters. The molecule has 2 aliphatic rings. The number of piperidine rings is 1. The molecule has 3 nitrogen and oxygen atoms in total. The Balaban J connectivity index is 1.94. The second kappa shape index (κ2) is 2.65. The van der Waals surface area contributed by atoms with Crippen molar-refractivity contribution in [2.24, 2.45) is 5.41 Å². The van der Waals surface area contributed by atoms with Crippen LogP contribution in [0.1, 0.15) is 40.5 Å². The quantitative estimate of drug-likeness (QED) is 0.597. The number of likely N-dealkylation sites (tertiary alicyclic amines) is 1. The minimum Gasteiger partial charge on any atom is -0.444 e. The second-order valence-electron chi connectivity index (χ2n) is 5.80. The van der Waals surface area contributed by atoms with E-state index in [1.165, 1.54) is 0 Å². The molecule has 0 spiro atoms. The van der Waals surface area contributed by atoms with Gasteiger partial charge in [-0.2, -0.15) is 0 Å². The Bertz CT molecular complexity index is 269. The summed E-state index contributed by atoms with van der Waals surface area (Å²) >= 11 is 0. The first kappa shape index (κ1) is 9.81. The van der Waals surface area contributed by atoms with Crippen LogP contribution in [0.25, 0.3) is 0 Å². The molecule has 2 atom stereocenters. The molecule has 0 aromatic rings. The topological polar surface area (TPSA) is 29.5 Å². The fraction of sp³-hybridized carbons (Fsp3) is 0.909. The number of fused-ring (bicyclic) bond motifs is 1. The van der Waals surface area contributed by atoms with E-state index in [0.29, 0.717) is 11.5 Å². The smallest absolute Gasteiger partial charge is 0.410 e. The van der Waals surface area contributed by atoms with Gasteiger partial charge in [0.25, 0.3) is 0 Å². The number of ether oxygens (including phenoxy) is 1. The summed E-state index contributed by atoms with van der Waals surface area (Å²) in [6.07, 6.45) is 2.16. The minimum atomic E-state index is -0.370. The van der Waals surface area contributed by atoms with Crippen molar-refractivity contribution in [3.05, 3.63) is 0 Å². The van der Waals surface area contributed by atoms with Crippen molar-refractivity contribution in [1.82, 2.24) is 4.90 Å². The lowest BCUT2D eigenvalue weighted by Gasteiger charge is -2.25. The van der Waals surface area contributed by atoms with Crippen LogP contribution in [0.3, 0.4) is 0 Å². The summed E-state index contributed by atoms with van der Waals surface area (Å²) in [5, 5.41) is 0. The molecule has 14 heavy (non-hydrogen) atoms. The van der Waals surface area contributed by atoms with Crippen LogP contribution in [0.2, 0.25) is 0 Å². The molecule has 0 radical (unpaired) electrons. The molecular formula is C11H19NO2. The van der Waals surface area contributed by atoms with E-state index in [-0.39, 0.29) is 11.7 Å². The van der Waals surface area contributed by atoms with E-state index in [4.69, 9.17) is 4.74 Å². The van der Waals surface area contributed by atoms with Gasteiger partial charge in [0.15, 0.2) is 0 Å². The molecule has 1 saturated heterocycles. The Morgan fingerprint density at radius 3 is 2.50 bits per heavy atom. The van der Waals surface area contributed by atoms with Crippen LogP contribution in [-0.4, -0.2) is 29.2 Å². The van der Waals surface area contributed by atoms with Gasteiger partial charge >= 0.3 is 6.09 Å². The summed E-state index contributed by atoms with van der Waals surface area (Å²) in [5.41, 5.74) is 0.0435. The second-order valence-corrected chi connectivity index (χ2v) is 5.80. The fourth-order valence-electron chi connectivity index (χ4n) is 2.21. The molecule has 0 N–H and O–H groups in total. The lowest BCUT2D eigenvalue weighted by molar-refractivity contribution is 0.0263. The highest BCUT2D eigenvalue weighted by molar-refractivity contribution is 5.70. The molecule has 2 rings (SSSR count). The zero-order chi connectivity index (χ0) is 10.6. The van der Waals surface area contributed by atoms with Gasteiger partial charge in [0.05, 0.1) is 0 Å². The lowest BCUT2D eigenvalue weighted by atomic mass is 10.1. The monoisotopic (exact) mass is 197 g/mol. The first-order valence-corrected chi connectivity index (χ1v) is 5.31. The van der Waals surface area contributed by atoms with Crippen LogP contribution in [-0.2, 0) is 4.74 Å². The number of amides is 1. The number of hydrogen-bond donors (Lipinski definition) is 0. The summed E-state index contributed by atoms with van der Waals surface area (Å²) in [5.74, 6) is 0. The van der Waals surface area contributed by atoms with E-state index in [1.807, 2.05) is 25.7 Å². The van der Waals surface area contributed by atoms with Crippen molar-refractivity contribution in [3.8, 4) is 0 Å². The predicted molar refractivity (Wildman–Crippen MR) is 54.1 cm³/mol. The maximum absolute atomic E-state index is 11.7. The summed E-state index contributed by atoms with van der Waals surface area (Å²) in [4.78, 5) is 13.6. The van der Waals surface area contributed by atoms with Crippen LogP contribution < -0.4 is 0 Å². The Morgan fingerprint density at radius 2 is 2.14 bits per heavy atom. The van der Waals surface area contributed by atoms with E-state index in [0.717, 1.165) is 19.4 Å². The molecule has 3 heteroatoms. The van der Waals surface area contributed by atoms with Gasteiger partial charge in [0.1, 0.15) is 5.60 Å². The number of nitrogens with zero attached hydrogens (tertiary/aromatic N) is 1. The summed E-state index contributed by atoms with van der Waals surface area (Å²) in [6, 6.07) is 0.456. The molecule has 1 aliphatic carbocycles. The normalized spacial score (nSPS) is 35.4. The van der Waals surface area contributed by atoms with Gasteiger partial charge in [0.2, 0.25) is 0 Å². The van der Waals surface area contributed by atoms with E-state index >= 15 is 0 Å². The summed E-state index contributed by atoms with van der Waals surface area (Å²) in [6.45, 7) is 8.85. The zero-order valence-corrected chi connectivity index (χ0v) is 9.46. The van der Waals surface area contributed by atoms with Gasteiger partial charge in [-0.15, -0.1) is 0 Å². The van der Waals surface area contributed by atoms with Crippen molar-refractivity contribution in [3.63, 3.8) is 0 Å². The molecular weight excluding hydrogens is 178 g/mol. The molecule has 0 bridgehead atoms. The molecule has 80 valence electrons. The Morgan fingerprint density at radius 1 is 1.50 bits per heavy atom. The number of carbonyl (C=O) groups is 1. The van der Waals surface area contributed by atoms with Crippen molar-refractivity contribution in [2.45, 2.75) is 52.2 Å². The average molecular weight is 197 g/mol. The number of rotatable bonds is 0.